The van der Waals surface area contributed by atoms with Crippen LogP contribution in [0.15, 0.2) is 53.5 Å². The Labute approximate surface area is 172 Å². The molecule has 0 unspecified atom stereocenters. The first-order valence-electron chi connectivity index (χ1n) is 10.2. The Morgan fingerprint density at radius 2 is 1.90 bits per heavy atom. The molecule has 0 aliphatic carbocycles. The third-order valence-corrected chi connectivity index (χ3v) is 6.27. The van der Waals surface area contributed by atoms with Crippen molar-refractivity contribution in [3.8, 4) is 11.1 Å². The monoisotopic (exact) mass is 399 g/mol. The number of piperidine rings is 1. The lowest BCUT2D eigenvalue weighted by Crippen LogP contribution is -2.47. The fourth-order valence-electron chi connectivity index (χ4n) is 5.01. The quantitative estimate of drug-likeness (QED) is 0.536. The number of pyridine rings is 1. The molecule has 0 amide bonds. The van der Waals surface area contributed by atoms with Gasteiger partial charge in [-0.25, -0.2) is 0 Å². The Balaban J connectivity index is 1.42. The largest absolute Gasteiger partial charge is 0.368 e. The number of H-pyrrole nitrogens is 1. The van der Waals surface area contributed by atoms with Gasteiger partial charge in [0, 0.05) is 37.3 Å². The zero-order valence-corrected chi connectivity index (χ0v) is 16.3. The summed E-state index contributed by atoms with van der Waals surface area (Å²) in [5.74, 6) is 1.69. The number of nitrogen functional groups attached to an aromatic ring is 1. The molecule has 8 nitrogen and oxygen atoms in total. The minimum Gasteiger partial charge on any atom is -0.368 e. The number of benzene rings is 1. The minimum atomic E-state index is 0.0815. The molecule has 150 valence electrons. The number of rotatable bonds is 2. The van der Waals surface area contributed by atoms with Crippen LogP contribution in [0.3, 0.4) is 0 Å². The normalized spacial score (nSPS) is 20.3. The molecule has 1 saturated heterocycles. The number of fused-ring (bicyclic) bond motifs is 5. The summed E-state index contributed by atoms with van der Waals surface area (Å²) in [7, 11) is 0. The SMILES string of the molecule is Nc1nc(N2C[C@@H]3C[C@H](C2)c2cc(-c4ccccc4)cc(=O)n2C3)c2cn[nH]c2n1. The molecule has 0 saturated carbocycles. The van der Waals surface area contributed by atoms with Crippen molar-refractivity contribution in [1.29, 1.82) is 0 Å². The van der Waals surface area contributed by atoms with Crippen LogP contribution in [0.1, 0.15) is 18.0 Å². The average molecular weight is 399 g/mol. The molecule has 0 spiro atoms. The van der Waals surface area contributed by atoms with E-state index in [2.05, 4.69) is 31.1 Å². The number of hydrogen-bond donors (Lipinski definition) is 2. The van der Waals surface area contributed by atoms with Gasteiger partial charge in [0.2, 0.25) is 5.95 Å². The summed E-state index contributed by atoms with van der Waals surface area (Å²) in [6.45, 7) is 2.34. The number of anilines is 2. The van der Waals surface area contributed by atoms with E-state index < -0.39 is 0 Å². The van der Waals surface area contributed by atoms with Crippen LogP contribution < -0.4 is 16.2 Å². The van der Waals surface area contributed by atoms with Crippen LogP contribution in [0.2, 0.25) is 0 Å². The van der Waals surface area contributed by atoms with Gasteiger partial charge in [-0.15, -0.1) is 0 Å². The number of aromatic amines is 1. The molecule has 3 aromatic heterocycles. The van der Waals surface area contributed by atoms with Crippen LogP contribution in [0.4, 0.5) is 11.8 Å². The van der Waals surface area contributed by atoms with Gasteiger partial charge < -0.3 is 15.2 Å². The molecule has 30 heavy (non-hydrogen) atoms. The molecule has 4 aromatic rings. The number of nitrogens with one attached hydrogen (secondary N) is 1. The van der Waals surface area contributed by atoms with Crippen LogP contribution in [-0.4, -0.2) is 37.8 Å². The van der Waals surface area contributed by atoms with Gasteiger partial charge in [-0.1, -0.05) is 30.3 Å². The molecule has 3 N–H and O–H groups in total. The van der Waals surface area contributed by atoms with Gasteiger partial charge in [0.15, 0.2) is 5.65 Å². The highest BCUT2D eigenvalue weighted by Crippen LogP contribution is 2.39. The molecule has 2 bridgehead atoms. The lowest BCUT2D eigenvalue weighted by atomic mass is 9.82. The molecule has 1 fully saturated rings. The van der Waals surface area contributed by atoms with E-state index in [4.69, 9.17) is 5.73 Å². The summed E-state index contributed by atoms with van der Waals surface area (Å²) >= 11 is 0. The maximum Gasteiger partial charge on any atom is 0.251 e. The van der Waals surface area contributed by atoms with E-state index in [1.165, 1.54) is 0 Å². The summed E-state index contributed by atoms with van der Waals surface area (Å²) < 4.78 is 1.96. The van der Waals surface area contributed by atoms with Gasteiger partial charge in [0.25, 0.3) is 5.56 Å². The highest BCUT2D eigenvalue weighted by molar-refractivity contribution is 5.87. The van der Waals surface area contributed by atoms with Crippen molar-refractivity contribution in [3.63, 3.8) is 0 Å². The first kappa shape index (κ1) is 17.2. The number of nitrogens with two attached hydrogens (primary N) is 1. The van der Waals surface area contributed by atoms with Crippen molar-refractivity contribution in [2.75, 3.05) is 23.7 Å². The molecule has 2 aliphatic rings. The van der Waals surface area contributed by atoms with E-state index in [1.54, 1.807) is 12.3 Å². The summed E-state index contributed by atoms with van der Waals surface area (Å²) in [6, 6.07) is 14.0. The van der Waals surface area contributed by atoms with Crippen molar-refractivity contribution in [1.82, 2.24) is 24.7 Å². The Bertz CT molecular complexity index is 1310. The second-order valence-corrected chi connectivity index (χ2v) is 8.23. The fourth-order valence-corrected chi connectivity index (χ4v) is 5.01. The van der Waals surface area contributed by atoms with Crippen LogP contribution in [0.25, 0.3) is 22.2 Å². The molecule has 8 heteroatoms. The standard InChI is InChI=1S/C22H21N7O/c23-22-25-20-17(9-24-27-20)21(26-22)28-10-13-6-16(12-28)18-7-15(8-19(30)29(18)11-13)14-4-2-1-3-5-14/h1-5,7-9,13,16H,6,10-12H2,(H3,23,24,25,26,27)/t13-,16+/m0/s1. The van der Waals surface area contributed by atoms with E-state index in [-0.39, 0.29) is 17.4 Å². The first-order chi connectivity index (χ1) is 14.7. The third kappa shape index (κ3) is 2.67. The second kappa shape index (κ2) is 6.41. The molecular formula is C22H21N7O. The molecule has 6 rings (SSSR count). The van der Waals surface area contributed by atoms with Crippen molar-refractivity contribution >= 4 is 22.8 Å². The van der Waals surface area contributed by atoms with E-state index in [9.17, 15) is 4.79 Å². The van der Waals surface area contributed by atoms with Gasteiger partial charge >= 0.3 is 0 Å². The highest BCUT2D eigenvalue weighted by Gasteiger charge is 2.36. The summed E-state index contributed by atoms with van der Waals surface area (Å²) in [4.78, 5) is 24.0. The van der Waals surface area contributed by atoms with Gasteiger partial charge in [0.1, 0.15) is 5.82 Å². The molecule has 2 aliphatic heterocycles. The van der Waals surface area contributed by atoms with Gasteiger partial charge in [-0.3, -0.25) is 9.89 Å². The second-order valence-electron chi connectivity index (χ2n) is 8.23. The Morgan fingerprint density at radius 3 is 2.77 bits per heavy atom. The van der Waals surface area contributed by atoms with E-state index in [0.717, 1.165) is 54.1 Å². The topological polar surface area (TPSA) is 106 Å². The van der Waals surface area contributed by atoms with Crippen molar-refractivity contribution in [3.05, 3.63) is 64.7 Å². The van der Waals surface area contributed by atoms with Crippen LogP contribution in [-0.2, 0) is 6.54 Å². The van der Waals surface area contributed by atoms with Gasteiger partial charge in [-0.05, 0) is 29.5 Å². The minimum absolute atomic E-state index is 0.0815. The number of nitrogens with zero attached hydrogens (tertiary/aromatic N) is 5. The molecule has 2 atom stereocenters. The highest BCUT2D eigenvalue weighted by atomic mass is 16.1. The predicted octanol–water partition coefficient (Wildman–Crippen LogP) is 2.39. The van der Waals surface area contributed by atoms with Gasteiger partial charge in [0.05, 0.1) is 11.6 Å². The van der Waals surface area contributed by atoms with Crippen LogP contribution in [0, 0.1) is 5.92 Å². The van der Waals surface area contributed by atoms with E-state index in [0.29, 0.717) is 11.6 Å². The van der Waals surface area contributed by atoms with Crippen LogP contribution >= 0.6 is 0 Å². The fraction of sp³-hybridized carbons (Fsp3) is 0.273. The molecule has 1 aromatic carbocycles. The van der Waals surface area contributed by atoms with Crippen molar-refractivity contribution < 1.29 is 0 Å². The van der Waals surface area contributed by atoms with Gasteiger partial charge in [-0.2, -0.15) is 15.1 Å². The smallest absolute Gasteiger partial charge is 0.251 e. The Kier molecular flexibility index (Phi) is 3.68. The van der Waals surface area contributed by atoms with Crippen molar-refractivity contribution in [2.24, 2.45) is 5.92 Å². The molecule has 0 radical (unpaired) electrons. The molecule has 5 heterocycles. The van der Waals surface area contributed by atoms with E-state index in [1.807, 2.05) is 34.9 Å². The summed E-state index contributed by atoms with van der Waals surface area (Å²) in [5, 5.41) is 7.87. The first-order valence-corrected chi connectivity index (χ1v) is 10.2. The maximum atomic E-state index is 12.9. The lowest BCUT2D eigenvalue weighted by Gasteiger charge is -2.43. The number of hydrogen-bond acceptors (Lipinski definition) is 6. The molecular weight excluding hydrogens is 378 g/mol. The predicted molar refractivity (Wildman–Crippen MR) is 115 cm³/mol. The zero-order chi connectivity index (χ0) is 20.2. The maximum absolute atomic E-state index is 12.9. The Morgan fingerprint density at radius 1 is 1.03 bits per heavy atom. The van der Waals surface area contributed by atoms with Crippen molar-refractivity contribution in [2.45, 2.75) is 18.9 Å². The van der Waals surface area contributed by atoms with E-state index >= 15 is 0 Å². The summed E-state index contributed by atoms with van der Waals surface area (Å²) in [6.07, 6.45) is 2.82. The average Bonchev–Trinajstić information content (AvgIpc) is 3.22. The number of aromatic nitrogens is 5. The zero-order valence-electron chi connectivity index (χ0n) is 16.3. The summed E-state index contributed by atoms with van der Waals surface area (Å²) in [5.41, 5.74) is 9.82. The lowest BCUT2D eigenvalue weighted by molar-refractivity contribution is 0.281. The Hall–Kier alpha value is -3.68. The van der Waals surface area contributed by atoms with Crippen LogP contribution in [0.5, 0.6) is 0 Å². The third-order valence-electron chi connectivity index (χ3n) is 6.27.